The Labute approximate surface area is 139 Å². The zero-order chi connectivity index (χ0) is 15.5. The Balaban J connectivity index is 1.78. The fourth-order valence-corrected chi connectivity index (χ4v) is 3.04. The molecule has 110 valence electrons. The zero-order valence-corrected chi connectivity index (χ0v) is 13.7. The molecule has 1 amide bonds. The van der Waals surface area contributed by atoms with Crippen LogP contribution in [0, 0.1) is 0 Å². The van der Waals surface area contributed by atoms with E-state index in [4.69, 9.17) is 0 Å². The van der Waals surface area contributed by atoms with Crippen LogP contribution in [0.4, 0.5) is 5.13 Å². The molecule has 0 bridgehead atoms. The van der Waals surface area contributed by atoms with E-state index < -0.39 is 0 Å². The van der Waals surface area contributed by atoms with Crippen LogP contribution in [0.2, 0.25) is 0 Å². The van der Waals surface area contributed by atoms with Crippen LogP contribution in [0.15, 0.2) is 58.4 Å². The van der Waals surface area contributed by atoms with Gasteiger partial charge in [0.2, 0.25) is 0 Å². The number of aromatic hydroxyl groups is 1. The van der Waals surface area contributed by atoms with Gasteiger partial charge in [-0.2, -0.15) is 0 Å². The van der Waals surface area contributed by atoms with Gasteiger partial charge in [-0.3, -0.25) is 10.1 Å². The molecule has 0 spiro atoms. The highest BCUT2D eigenvalue weighted by molar-refractivity contribution is 9.10. The van der Waals surface area contributed by atoms with Crippen molar-refractivity contribution in [3.63, 3.8) is 0 Å². The lowest BCUT2D eigenvalue weighted by Crippen LogP contribution is -2.11. The SMILES string of the molecule is O=C(Nc1nc(-c2cccc(O)c2)cs1)c1cccc(Br)c1. The van der Waals surface area contributed by atoms with Crippen molar-refractivity contribution < 1.29 is 9.90 Å². The summed E-state index contributed by atoms with van der Waals surface area (Å²) in [4.78, 5) is 16.5. The van der Waals surface area contributed by atoms with Crippen molar-refractivity contribution in [2.24, 2.45) is 0 Å². The number of aromatic nitrogens is 1. The third-order valence-electron chi connectivity index (χ3n) is 2.95. The zero-order valence-electron chi connectivity index (χ0n) is 11.3. The minimum Gasteiger partial charge on any atom is -0.508 e. The van der Waals surface area contributed by atoms with Crippen molar-refractivity contribution in [2.75, 3.05) is 5.32 Å². The molecule has 0 saturated heterocycles. The topological polar surface area (TPSA) is 62.2 Å². The average molecular weight is 375 g/mol. The average Bonchev–Trinajstić information content (AvgIpc) is 2.96. The van der Waals surface area contributed by atoms with Gasteiger partial charge >= 0.3 is 0 Å². The minimum atomic E-state index is -0.210. The first-order valence-electron chi connectivity index (χ1n) is 6.44. The third kappa shape index (κ3) is 3.35. The molecule has 1 aromatic heterocycles. The first-order valence-corrected chi connectivity index (χ1v) is 8.11. The summed E-state index contributed by atoms with van der Waals surface area (Å²) < 4.78 is 0.847. The number of nitrogens with zero attached hydrogens (tertiary/aromatic N) is 1. The number of phenols is 1. The van der Waals surface area contributed by atoms with Gasteiger partial charge in [-0.25, -0.2) is 4.98 Å². The summed E-state index contributed by atoms with van der Waals surface area (Å²) in [6, 6.07) is 14.0. The lowest BCUT2D eigenvalue weighted by molar-refractivity contribution is 0.102. The fourth-order valence-electron chi connectivity index (χ4n) is 1.93. The lowest BCUT2D eigenvalue weighted by Gasteiger charge is -2.02. The number of hydrogen-bond acceptors (Lipinski definition) is 4. The Bertz CT molecular complexity index is 832. The first kappa shape index (κ1) is 14.7. The first-order chi connectivity index (χ1) is 10.6. The van der Waals surface area contributed by atoms with Gasteiger partial charge in [-0.05, 0) is 30.3 Å². The Morgan fingerprint density at radius 2 is 2.00 bits per heavy atom. The maximum atomic E-state index is 12.2. The summed E-state index contributed by atoms with van der Waals surface area (Å²) in [6.07, 6.45) is 0. The van der Waals surface area contributed by atoms with Crippen molar-refractivity contribution >= 4 is 38.3 Å². The van der Waals surface area contributed by atoms with Crippen LogP contribution in [0.5, 0.6) is 5.75 Å². The van der Waals surface area contributed by atoms with E-state index in [-0.39, 0.29) is 11.7 Å². The smallest absolute Gasteiger partial charge is 0.257 e. The summed E-state index contributed by atoms with van der Waals surface area (Å²) in [5, 5.41) is 14.6. The number of hydrogen-bond donors (Lipinski definition) is 2. The molecule has 22 heavy (non-hydrogen) atoms. The standard InChI is InChI=1S/C16H11BrN2O2S/c17-12-5-1-4-11(7-12)15(21)19-16-18-14(9-22-16)10-3-2-6-13(20)8-10/h1-9,20H,(H,18,19,21). The molecule has 3 aromatic rings. The van der Waals surface area contributed by atoms with Crippen LogP contribution < -0.4 is 5.32 Å². The van der Waals surface area contributed by atoms with Crippen LogP contribution in [0.1, 0.15) is 10.4 Å². The maximum absolute atomic E-state index is 12.2. The van der Waals surface area contributed by atoms with Crippen LogP contribution in [0.3, 0.4) is 0 Å². The summed E-state index contributed by atoms with van der Waals surface area (Å²) >= 11 is 4.68. The van der Waals surface area contributed by atoms with Crippen molar-refractivity contribution in [2.45, 2.75) is 0 Å². The van der Waals surface area contributed by atoms with Crippen LogP contribution in [-0.2, 0) is 0 Å². The van der Waals surface area contributed by atoms with Crippen molar-refractivity contribution in [3.8, 4) is 17.0 Å². The van der Waals surface area contributed by atoms with E-state index in [1.54, 1.807) is 36.4 Å². The van der Waals surface area contributed by atoms with E-state index >= 15 is 0 Å². The van der Waals surface area contributed by atoms with Crippen LogP contribution in [-0.4, -0.2) is 16.0 Å². The molecule has 4 nitrogen and oxygen atoms in total. The molecule has 3 rings (SSSR count). The van der Waals surface area contributed by atoms with Crippen LogP contribution in [0.25, 0.3) is 11.3 Å². The van der Waals surface area contributed by atoms with Crippen LogP contribution >= 0.6 is 27.3 Å². The Kier molecular flexibility index (Phi) is 4.22. The van der Waals surface area contributed by atoms with E-state index in [2.05, 4.69) is 26.2 Å². The van der Waals surface area contributed by atoms with Gasteiger partial charge in [0.1, 0.15) is 5.75 Å². The predicted molar refractivity (Wildman–Crippen MR) is 91.3 cm³/mol. The highest BCUT2D eigenvalue weighted by Crippen LogP contribution is 2.27. The summed E-state index contributed by atoms with van der Waals surface area (Å²) in [6.45, 7) is 0. The highest BCUT2D eigenvalue weighted by atomic mass is 79.9. The number of rotatable bonds is 3. The molecular weight excluding hydrogens is 364 g/mol. The molecule has 1 heterocycles. The largest absolute Gasteiger partial charge is 0.508 e. The van der Waals surface area contributed by atoms with E-state index in [1.807, 2.05) is 17.5 Å². The number of carbonyl (C=O) groups is 1. The molecule has 0 fully saturated rings. The molecule has 0 atom stereocenters. The fraction of sp³-hybridized carbons (Fsp3) is 0. The molecule has 2 aromatic carbocycles. The van der Waals surface area contributed by atoms with Gasteiger partial charge in [0.05, 0.1) is 5.69 Å². The molecule has 0 aliphatic heterocycles. The molecule has 0 aliphatic rings. The van der Waals surface area contributed by atoms with E-state index in [0.29, 0.717) is 16.4 Å². The molecule has 0 unspecified atom stereocenters. The highest BCUT2D eigenvalue weighted by Gasteiger charge is 2.10. The number of nitrogens with one attached hydrogen (secondary N) is 1. The molecule has 0 radical (unpaired) electrons. The second-order valence-corrected chi connectivity index (χ2v) is 6.33. The number of amides is 1. The number of benzene rings is 2. The van der Waals surface area contributed by atoms with Gasteiger partial charge < -0.3 is 5.11 Å². The number of anilines is 1. The minimum absolute atomic E-state index is 0.185. The number of phenolic OH excluding ortho intramolecular Hbond substituents is 1. The van der Waals surface area contributed by atoms with Gasteiger partial charge in [-0.1, -0.05) is 34.1 Å². The number of carbonyl (C=O) groups excluding carboxylic acids is 1. The lowest BCUT2D eigenvalue weighted by atomic mass is 10.2. The Hall–Kier alpha value is -2.18. The monoisotopic (exact) mass is 374 g/mol. The van der Waals surface area contributed by atoms with Crippen molar-refractivity contribution in [1.82, 2.24) is 4.98 Å². The third-order valence-corrected chi connectivity index (χ3v) is 4.20. The number of halogens is 1. The van der Waals surface area contributed by atoms with E-state index in [9.17, 15) is 9.90 Å². The Morgan fingerprint density at radius 1 is 1.18 bits per heavy atom. The second-order valence-electron chi connectivity index (χ2n) is 4.55. The number of thiazole rings is 1. The quantitative estimate of drug-likeness (QED) is 0.707. The molecule has 6 heteroatoms. The van der Waals surface area contributed by atoms with E-state index in [0.717, 1.165) is 10.0 Å². The second kappa shape index (κ2) is 6.29. The normalized spacial score (nSPS) is 10.4. The van der Waals surface area contributed by atoms with Gasteiger partial charge in [0.15, 0.2) is 5.13 Å². The Morgan fingerprint density at radius 3 is 2.77 bits per heavy atom. The van der Waals surface area contributed by atoms with Crippen molar-refractivity contribution in [3.05, 3.63) is 63.9 Å². The maximum Gasteiger partial charge on any atom is 0.257 e. The molecule has 0 saturated carbocycles. The van der Waals surface area contributed by atoms with Crippen molar-refractivity contribution in [1.29, 1.82) is 0 Å². The predicted octanol–water partition coefficient (Wildman–Crippen LogP) is 4.53. The van der Waals surface area contributed by atoms with Gasteiger partial charge in [0.25, 0.3) is 5.91 Å². The molecule has 0 aliphatic carbocycles. The van der Waals surface area contributed by atoms with Gasteiger partial charge in [-0.15, -0.1) is 11.3 Å². The summed E-state index contributed by atoms with van der Waals surface area (Å²) in [5.74, 6) is -0.0247. The molecule has 2 N–H and O–H groups in total. The molecular formula is C16H11BrN2O2S. The van der Waals surface area contributed by atoms with E-state index in [1.165, 1.54) is 11.3 Å². The summed E-state index contributed by atoms with van der Waals surface area (Å²) in [5.41, 5.74) is 2.08. The van der Waals surface area contributed by atoms with Gasteiger partial charge in [0, 0.05) is 21.0 Å². The summed E-state index contributed by atoms with van der Waals surface area (Å²) in [7, 11) is 0.